The second-order valence-corrected chi connectivity index (χ2v) is 5.25. The number of Topliss-reactive ketones (excluding diaryl/α,β-unsaturated/α-hetero) is 3. The van der Waals surface area contributed by atoms with Gasteiger partial charge in [-0.05, 0) is 41.9 Å². The second-order valence-electron chi connectivity index (χ2n) is 5.25. The molecule has 5 N–H and O–H groups in total. The topological polar surface area (TPSA) is 146 Å². The summed E-state index contributed by atoms with van der Waals surface area (Å²) in [7, 11) is 5.18. The zero-order valence-corrected chi connectivity index (χ0v) is 16.6. The summed E-state index contributed by atoms with van der Waals surface area (Å²) in [5.74, 6) is -0.525. The van der Waals surface area contributed by atoms with Crippen LogP contribution in [0.3, 0.4) is 0 Å². The molecule has 0 atom stereocenters. The first-order chi connectivity index (χ1) is 12.1. The average Bonchev–Trinajstić information content (AvgIpc) is 2.50. The van der Waals surface area contributed by atoms with Crippen LogP contribution in [0.5, 0.6) is 0 Å². The Morgan fingerprint density at radius 2 is 0.595 bits per heavy atom. The molecule has 0 saturated heterocycles. The minimum absolute atomic E-state index is 0. The number of likely N-dealkylation sites (N-methyl/N-ethyl adjacent to an activating group) is 1. The van der Waals surface area contributed by atoms with E-state index in [0.29, 0.717) is 19.9 Å². The van der Waals surface area contributed by atoms with Crippen LogP contribution in [0.2, 0.25) is 0 Å². The van der Waals surface area contributed by atoms with Gasteiger partial charge in [-0.25, -0.2) is 0 Å². The fourth-order valence-corrected chi connectivity index (χ4v) is 1.20. The van der Waals surface area contributed by atoms with Crippen molar-refractivity contribution in [2.75, 3.05) is 41.0 Å². The van der Waals surface area contributed by atoms with E-state index in [1.165, 1.54) is 13.8 Å². The molecule has 42 heavy (non-hydrogen) atoms. The molecule has 280 valence electrons. The van der Waals surface area contributed by atoms with Gasteiger partial charge >= 0.3 is 0 Å². The maximum atomic E-state index is 10.6. The lowest BCUT2D eigenvalue weighted by Crippen LogP contribution is -2.32. The van der Waals surface area contributed by atoms with Crippen molar-refractivity contribution in [2.45, 2.75) is 152 Å². The van der Waals surface area contributed by atoms with E-state index in [1.54, 1.807) is 28.1 Å². The van der Waals surface area contributed by atoms with Crippen LogP contribution < -0.4 is 26.6 Å². The Bertz CT molecular complexity index is 417. The van der Waals surface area contributed by atoms with E-state index < -0.39 is 0 Å². The lowest BCUT2D eigenvalue weighted by Gasteiger charge is -2.00. The summed E-state index contributed by atoms with van der Waals surface area (Å²) in [5, 5.41) is 13.2. The predicted molar refractivity (Wildman–Crippen MR) is 207 cm³/mol. The maximum absolute atomic E-state index is 10.6. The molecule has 10 heteroatoms. The zero-order chi connectivity index (χ0) is 21.0. The first kappa shape index (κ1) is 138. The van der Waals surface area contributed by atoms with E-state index in [-0.39, 0.29) is 161 Å². The molecule has 0 aliphatic carbocycles. The molecule has 0 radical (unpaired) electrons. The summed E-state index contributed by atoms with van der Waals surface area (Å²) in [6.45, 7) is 5.63. The summed E-state index contributed by atoms with van der Waals surface area (Å²) in [5.41, 5.74) is 0. The molecule has 0 heterocycles. The number of ketones is 3. The molecule has 0 unspecified atom stereocenters. The number of carbonyl (C=O) groups excluding carboxylic acids is 5. The van der Waals surface area contributed by atoms with Crippen LogP contribution >= 0.6 is 0 Å². The zero-order valence-electron chi connectivity index (χ0n) is 16.6. The van der Waals surface area contributed by atoms with E-state index in [0.717, 1.165) is 0 Å². The Labute approximate surface area is 273 Å². The van der Waals surface area contributed by atoms with E-state index in [1.807, 2.05) is 0 Å². The number of carbonyl (C=O) groups is 5. The van der Waals surface area contributed by atoms with Crippen LogP contribution in [0, 0.1) is 0 Å². The van der Waals surface area contributed by atoms with E-state index in [2.05, 4.69) is 26.6 Å². The van der Waals surface area contributed by atoms with Crippen molar-refractivity contribution < 1.29 is 24.0 Å². The maximum Gasteiger partial charge on any atom is 0.228 e. The first-order valence-electron chi connectivity index (χ1n) is 8.06. The molecule has 10 nitrogen and oxygen atoms in total. The van der Waals surface area contributed by atoms with Gasteiger partial charge in [-0.1, -0.05) is 119 Å². The van der Waals surface area contributed by atoms with Crippen LogP contribution in [0.15, 0.2) is 0 Å². The number of nitrogens with one attached hydrogen (secondary N) is 5. The van der Waals surface area contributed by atoms with Gasteiger partial charge in [0.05, 0.1) is 32.7 Å². The molecule has 0 aromatic rings. The molecule has 0 spiro atoms. The van der Waals surface area contributed by atoms with Crippen molar-refractivity contribution in [3.63, 3.8) is 0 Å². The third-order valence-corrected chi connectivity index (χ3v) is 2.17. The van der Waals surface area contributed by atoms with Gasteiger partial charge in [0.1, 0.15) is 17.3 Å². The van der Waals surface area contributed by atoms with Crippen LogP contribution in [0.1, 0.15) is 152 Å². The van der Waals surface area contributed by atoms with Crippen LogP contribution in [-0.4, -0.2) is 70.2 Å². The highest BCUT2D eigenvalue weighted by Crippen LogP contribution is 1.79. The van der Waals surface area contributed by atoms with Gasteiger partial charge in [-0.3, -0.25) is 24.0 Å². The van der Waals surface area contributed by atoms with Crippen LogP contribution in [0.25, 0.3) is 0 Å². The van der Waals surface area contributed by atoms with Gasteiger partial charge in [-0.2, -0.15) is 0 Å². The predicted octanol–water partition coefficient (Wildman–Crippen LogP) is 8.49. The molecule has 0 fully saturated rings. The van der Waals surface area contributed by atoms with Crippen molar-refractivity contribution >= 4 is 29.2 Å². The summed E-state index contributed by atoms with van der Waals surface area (Å²) < 4.78 is 0. The fourth-order valence-electron chi connectivity index (χ4n) is 1.20. The number of amides is 2. The van der Waals surface area contributed by atoms with Gasteiger partial charge < -0.3 is 26.6 Å². The van der Waals surface area contributed by atoms with Gasteiger partial charge in [0.25, 0.3) is 0 Å². The molecule has 0 rings (SSSR count). The minimum atomic E-state index is -0.234. The van der Waals surface area contributed by atoms with Crippen LogP contribution in [0.4, 0.5) is 0 Å². The van der Waals surface area contributed by atoms with Crippen molar-refractivity contribution in [1.29, 1.82) is 0 Å². The number of rotatable bonds is 10. The third-order valence-electron chi connectivity index (χ3n) is 2.17. The Morgan fingerprint density at radius 1 is 0.381 bits per heavy atom. The fraction of sp³-hybridized carbons (Fsp3) is 0.844. The average molecular weight is 632 g/mol. The summed E-state index contributed by atoms with van der Waals surface area (Å²) in [6, 6.07) is 0. The Kier molecular flexibility index (Phi) is 351. The van der Waals surface area contributed by atoms with Crippen molar-refractivity contribution in [1.82, 2.24) is 26.6 Å². The van der Waals surface area contributed by atoms with Gasteiger partial charge in [0.2, 0.25) is 11.8 Å². The van der Waals surface area contributed by atoms with Crippen molar-refractivity contribution in [3.05, 3.63) is 0 Å². The molecular weight excluding hydrogens is 534 g/mol. The molecular formula is C32H97N5O5. The molecule has 0 aliphatic heterocycles. The van der Waals surface area contributed by atoms with Gasteiger partial charge in [0, 0.05) is 0 Å². The SMILES string of the molecule is C.C.C.C.C.C.C.C.C.C.C.C.C.C.C.C.CNCC(C)=O.CNCNC(=O)CC(C)=O.CNCNC(=O)CC(C)=O. The highest BCUT2D eigenvalue weighted by Gasteiger charge is 2.02. The normalized spacial score (nSPS) is 5.48. The second kappa shape index (κ2) is 107. The third kappa shape index (κ3) is 181. The number of hydrogen-bond acceptors (Lipinski definition) is 8. The van der Waals surface area contributed by atoms with E-state index >= 15 is 0 Å². The lowest BCUT2D eigenvalue weighted by atomic mass is 10.3. The molecule has 0 saturated carbocycles. The molecule has 0 aromatic carbocycles. The van der Waals surface area contributed by atoms with Crippen molar-refractivity contribution in [3.8, 4) is 0 Å². The summed E-state index contributed by atoms with van der Waals surface area (Å²) in [4.78, 5) is 51.9. The van der Waals surface area contributed by atoms with Gasteiger partial charge in [-0.15, -0.1) is 0 Å². The van der Waals surface area contributed by atoms with Crippen molar-refractivity contribution in [2.24, 2.45) is 0 Å². The van der Waals surface area contributed by atoms with E-state index in [9.17, 15) is 24.0 Å². The quantitative estimate of drug-likeness (QED) is 0.119. The van der Waals surface area contributed by atoms with Crippen LogP contribution in [-0.2, 0) is 24.0 Å². The molecule has 2 amide bonds. The summed E-state index contributed by atoms with van der Waals surface area (Å²) in [6.07, 6.45) is -0.0522. The minimum Gasteiger partial charge on any atom is -0.343 e. The molecule has 0 bridgehead atoms. The molecule has 0 aliphatic rings. The first-order valence-corrected chi connectivity index (χ1v) is 8.06. The summed E-state index contributed by atoms with van der Waals surface area (Å²) >= 11 is 0. The Morgan fingerprint density at radius 3 is 0.690 bits per heavy atom. The Balaban J connectivity index is -0.00000000949. The lowest BCUT2D eigenvalue weighted by molar-refractivity contribution is -0.128. The van der Waals surface area contributed by atoms with Gasteiger partial charge in [0.15, 0.2) is 0 Å². The Hall–Kier alpha value is -2.17. The van der Waals surface area contributed by atoms with E-state index in [4.69, 9.17) is 0 Å². The molecule has 0 aromatic heterocycles. The smallest absolute Gasteiger partial charge is 0.228 e. The standard InChI is InChI=1S/2C6H12N2O2.C4H9NO.16CH4/c2*1-5(9)3-6(10)8-4-7-2;1-4(6)3-5-2;;;;;;;;;;;;;;;;/h2*7H,3-4H2,1-2H3,(H,8,10);5H,3H2,1-2H3;16*1H4. The highest BCUT2D eigenvalue weighted by molar-refractivity contribution is 5.97. The monoisotopic (exact) mass is 632 g/mol. The largest absolute Gasteiger partial charge is 0.343 e. The number of hydrogen-bond donors (Lipinski definition) is 5. The highest BCUT2D eigenvalue weighted by atomic mass is 16.2.